The van der Waals surface area contributed by atoms with Gasteiger partial charge >= 0.3 is 0 Å². The molecular formula is C10H13N3OS. The third-order valence-electron chi connectivity index (χ3n) is 1.79. The van der Waals surface area contributed by atoms with E-state index in [1.54, 1.807) is 11.8 Å². The molecule has 0 bridgehead atoms. The number of ether oxygens (including phenoxy) is 1. The smallest absolute Gasteiger partial charge is 0.119 e. The summed E-state index contributed by atoms with van der Waals surface area (Å²) in [7, 11) is 0. The summed E-state index contributed by atoms with van der Waals surface area (Å²) >= 11 is 1.70. The minimum Gasteiger partial charge on any atom is -0.494 e. The first kappa shape index (κ1) is 11.8. The molecule has 0 aliphatic heterocycles. The van der Waals surface area contributed by atoms with Crippen LogP contribution in [-0.2, 0) is 0 Å². The molecule has 0 spiro atoms. The van der Waals surface area contributed by atoms with Gasteiger partial charge in [-0.25, -0.2) is 0 Å². The molecule has 0 N–H and O–H groups in total. The van der Waals surface area contributed by atoms with E-state index < -0.39 is 0 Å². The lowest BCUT2D eigenvalue weighted by atomic mass is 10.3. The number of rotatable bonds is 6. The van der Waals surface area contributed by atoms with Crippen LogP contribution < -0.4 is 4.74 Å². The number of thioether (sulfide) groups is 1. The maximum atomic E-state index is 8.06. The lowest BCUT2D eigenvalue weighted by Crippen LogP contribution is -1.98. The lowest BCUT2D eigenvalue weighted by Gasteiger charge is -2.05. The average molecular weight is 223 g/mol. The molecule has 0 aliphatic carbocycles. The molecule has 0 aliphatic rings. The summed E-state index contributed by atoms with van der Waals surface area (Å²) in [6.45, 7) is 1.07. The molecule has 4 nitrogen and oxygen atoms in total. The van der Waals surface area contributed by atoms with Crippen LogP contribution in [0, 0.1) is 0 Å². The highest BCUT2D eigenvalue weighted by Crippen LogP contribution is 2.18. The van der Waals surface area contributed by atoms with Gasteiger partial charge in [-0.2, -0.15) is 0 Å². The summed E-state index contributed by atoms with van der Waals surface area (Å²) in [5.41, 5.74) is 8.06. The number of azide groups is 1. The summed E-state index contributed by atoms with van der Waals surface area (Å²) in [6, 6.07) is 7.93. The van der Waals surface area contributed by atoms with E-state index in [9.17, 15) is 0 Å². The van der Waals surface area contributed by atoms with Crippen molar-refractivity contribution in [1.82, 2.24) is 0 Å². The Hall–Kier alpha value is -1.32. The van der Waals surface area contributed by atoms with Crippen molar-refractivity contribution in [2.45, 2.75) is 11.3 Å². The van der Waals surface area contributed by atoms with E-state index in [-0.39, 0.29) is 0 Å². The predicted molar refractivity (Wildman–Crippen MR) is 62.3 cm³/mol. The standard InChI is InChI=1S/C10H13N3OS/c1-15-10-5-3-9(4-6-10)14-8-2-7-12-13-11/h3-6H,2,7-8H2,1H3. The summed E-state index contributed by atoms with van der Waals surface area (Å²) in [5, 5.41) is 3.43. The Morgan fingerprint density at radius 2 is 2.13 bits per heavy atom. The number of hydrogen-bond acceptors (Lipinski definition) is 3. The first-order chi connectivity index (χ1) is 7.36. The quantitative estimate of drug-likeness (QED) is 0.244. The van der Waals surface area contributed by atoms with Crippen LogP contribution >= 0.6 is 11.8 Å². The summed E-state index contributed by atoms with van der Waals surface area (Å²) in [4.78, 5) is 3.89. The van der Waals surface area contributed by atoms with Crippen molar-refractivity contribution >= 4 is 11.8 Å². The molecule has 0 saturated carbocycles. The van der Waals surface area contributed by atoms with Crippen molar-refractivity contribution in [3.8, 4) is 5.75 Å². The molecule has 0 aromatic heterocycles. The van der Waals surface area contributed by atoms with Gasteiger partial charge in [0, 0.05) is 16.4 Å². The zero-order valence-electron chi connectivity index (χ0n) is 8.59. The number of nitrogens with zero attached hydrogens (tertiary/aromatic N) is 3. The second-order valence-corrected chi connectivity index (χ2v) is 3.71. The first-order valence-corrected chi connectivity index (χ1v) is 5.87. The van der Waals surface area contributed by atoms with Crippen molar-refractivity contribution in [2.24, 2.45) is 5.11 Å². The van der Waals surface area contributed by atoms with Crippen LogP contribution in [0.15, 0.2) is 34.3 Å². The summed E-state index contributed by atoms with van der Waals surface area (Å²) < 4.78 is 5.46. The lowest BCUT2D eigenvalue weighted by molar-refractivity contribution is 0.313. The molecule has 0 radical (unpaired) electrons. The number of hydrogen-bond donors (Lipinski definition) is 0. The fourth-order valence-electron chi connectivity index (χ4n) is 1.04. The second kappa shape index (κ2) is 7.04. The largest absolute Gasteiger partial charge is 0.494 e. The Bertz CT molecular complexity index is 333. The van der Waals surface area contributed by atoms with E-state index >= 15 is 0 Å². The molecule has 0 amide bonds. The average Bonchev–Trinajstić information content (AvgIpc) is 2.30. The third-order valence-corrected chi connectivity index (χ3v) is 2.54. The Balaban J connectivity index is 2.28. The fourth-order valence-corrected chi connectivity index (χ4v) is 1.45. The molecule has 0 atom stereocenters. The molecule has 1 rings (SSSR count). The van der Waals surface area contributed by atoms with E-state index in [2.05, 4.69) is 10.0 Å². The van der Waals surface area contributed by atoms with Crippen LogP contribution in [0.5, 0.6) is 5.75 Å². The van der Waals surface area contributed by atoms with Gasteiger partial charge in [-0.1, -0.05) is 5.11 Å². The Kier molecular flexibility index (Phi) is 5.51. The van der Waals surface area contributed by atoms with Gasteiger partial charge in [-0.15, -0.1) is 11.8 Å². The van der Waals surface area contributed by atoms with Crippen LogP contribution in [0.4, 0.5) is 0 Å². The van der Waals surface area contributed by atoms with E-state index in [0.29, 0.717) is 13.2 Å². The van der Waals surface area contributed by atoms with Crippen molar-refractivity contribution < 1.29 is 4.74 Å². The van der Waals surface area contributed by atoms with Crippen molar-refractivity contribution in [3.05, 3.63) is 34.7 Å². The Labute approximate surface area is 93.3 Å². The van der Waals surface area contributed by atoms with Gasteiger partial charge in [0.25, 0.3) is 0 Å². The normalized spacial score (nSPS) is 9.40. The van der Waals surface area contributed by atoms with E-state index in [4.69, 9.17) is 10.3 Å². The van der Waals surface area contributed by atoms with Crippen molar-refractivity contribution in [3.63, 3.8) is 0 Å². The fraction of sp³-hybridized carbons (Fsp3) is 0.400. The van der Waals surface area contributed by atoms with Gasteiger partial charge in [0.15, 0.2) is 0 Å². The minimum absolute atomic E-state index is 0.486. The van der Waals surface area contributed by atoms with Gasteiger partial charge < -0.3 is 4.74 Å². The van der Waals surface area contributed by atoms with Gasteiger partial charge in [0.1, 0.15) is 5.75 Å². The SMILES string of the molecule is CSc1ccc(OCCCN=[N+]=[N-])cc1. The highest BCUT2D eigenvalue weighted by atomic mass is 32.2. The van der Waals surface area contributed by atoms with E-state index in [1.165, 1.54) is 4.90 Å². The van der Waals surface area contributed by atoms with Gasteiger partial charge in [-0.3, -0.25) is 0 Å². The zero-order chi connectivity index (χ0) is 10.9. The molecule has 0 fully saturated rings. The van der Waals surface area contributed by atoms with Crippen LogP contribution in [-0.4, -0.2) is 19.4 Å². The van der Waals surface area contributed by atoms with Crippen LogP contribution in [0.3, 0.4) is 0 Å². The summed E-state index contributed by atoms with van der Waals surface area (Å²) in [6.07, 6.45) is 2.78. The predicted octanol–water partition coefficient (Wildman–Crippen LogP) is 3.49. The molecule has 5 heteroatoms. The van der Waals surface area contributed by atoms with E-state index in [1.807, 2.05) is 30.5 Å². The third kappa shape index (κ3) is 4.63. The molecule has 1 aromatic rings. The first-order valence-electron chi connectivity index (χ1n) is 4.64. The van der Waals surface area contributed by atoms with Crippen LogP contribution in [0.1, 0.15) is 6.42 Å². The molecule has 15 heavy (non-hydrogen) atoms. The maximum absolute atomic E-state index is 8.06. The molecular weight excluding hydrogens is 210 g/mol. The van der Waals surface area contributed by atoms with Gasteiger partial charge in [0.2, 0.25) is 0 Å². The second-order valence-electron chi connectivity index (χ2n) is 2.83. The zero-order valence-corrected chi connectivity index (χ0v) is 9.41. The molecule has 1 aromatic carbocycles. The monoisotopic (exact) mass is 223 g/mol. The highest BCUT2D eigenvalue weighted by Gasteiger charge is 1.93. The summed E-state index contributed by atoms with van der Waals surface area (Å²) in [5.74, 6) is 0.855. The van der Waals surface area contributed by atoms with Gasteiger partial charge in [0.05, 0.1) is 6.61 Å². The Morgan fingerprint density at radius 3 is 2.73 bits per heavy atom. The van der Waals surface area contributed by atoms with E-state index in [0.717, 1.165) is 12.2 Å². The van der Waals surface area contributed by atoms with Crippen LogP contribution in [0.25, 0.3) is 10.4 Å². The molecule has 0 saturated heterocycles. The molecule has 0 unspecified atom stereocenters. The van der Waals surface area contributed by atoms with Crippen molar-refractivity contribution in [2.75, 3.05) is 19.4 Å². The molecule has 0 heterocycles. The molecule has 80 valence electrons. The van der Waals surface area contributed by atoms with Crippen molar-refractivity contribution in [1.29, 1.82) is 0 Å². The number of benzene rings is 1. The van der Waals surface area contributed by atoms with Crippen LogP contribution in [0.2, 0.25) is 0 Å². The van der Waals surface area contributed by atoms with Gasteiger partial charge in [-0.05, 0) is 42.5 Å². The topological polar surface area (TPSA) is 58.0 Å². The maximum Gasteiger partial charge on any atom is 0.119 e. The highest BCUT2D eigenvalue weighted by molar-refractivity contribution is 7.98. The minimum atomic E-state index is 0.486. The Morgan fingerprint density at radius 1 is 1.40 bits per heavy atom.